The quantitative estimate of drug-likeness (QED) is 0.500. The highest BCUT2D eigenvalue weighted by Gasteiger charge is 2.42. The first-order chi connectivity index (χ1) is 8.34. The van der Waals surface area contributed by atoms with Gasteiger partial charge in [0.25, 0.3) is 5.91 Å². The molecule has 1 amide bonds. The number of nitrogens with two attached hydrogens (primary N) is 1. The summed E-state index contributed by atoms with van der Waals surface area (Å²) in [5.41, 5.74) is 0.944. The third kappa shape index (κ3) is 2.44. The van der Waals surface area contributed by atoms with Crippen LogP contribution in [0.2, 0.25) is 5.02 Å². The monoisotopic (exact) mass is 282 g/mol. The number of halogens is 4. The van der Waals surface area contributed by atoms with Crippen molar-refractivity contribution in [1.82, 2.24) is 15.2 Å². The number of aromatic nitrogens is 2. The summed E-state index contributed by atoms with van der Waals surface area (Å²) in [5.74, 6) is 4.20. The Morgan fingerprint density at radius 3 is 2.61 bits per heavy atom. The third-order valence-electron chi connectivity index (χ3n) is 2.62. The molecular weight excluding hydrogens is 273 g/mol. The summed E-state index contributed by atoms with van der Waals surface area (Å²) in [6, 6.07) is 0. The number of nitrogens with zero attached hydrogens (tertiary/aromatic N) is 2. The van der Waals surface area contributed by atoms with Gasteiger partial charge in [-0.2, -0.15) is 18.3 Å². The number of alkyl halides is 3. The third-order valence-corrected chi connectivity index (χ3v) is 2.99. The van der Waals surface area contributed by atoms with Gasteiger partial charge >= 0.3 is 6.18 Å². The van der Waals surface area contributed by atoms with Crippen LogP contribution in [0.1, 0.15) is 30.1 Å². The van der Waals surface area contributed by atoms with Gasteiger partial charge in [-0.25, -0.2) is 5.84 Å². The number of rotatable bonds is 3. The van der Waals surface area contributed by atoms with Crippen LogP contribution in [0.15, 0.2) is 0 Å². The SMILES string of the molecule is NNC(=O)Cn1nc(C(F)(F)F)c(Cl)c1C1CC1. The van der Waals surface area contributed by atoms with E-state index < -0.39 is 22.8 Å². The van der Waals surface area contributed by atoms with Crippen LogP contribution in [-0.2, 0) is 17.5 Å². The van der Waals surface area contributed by atoms with Gasteiger partial charge in [-0.1, -0.05) is 11.6 Å². The van der Waals surface area contributed by atoms with Crippen LogP contribution in [0.5, 0.6) is 0 Å². The molecule has 18 heavy (non-hydrogen) atoms. The Labute approximate surface area is 105 Å². The van der Waals surface area contributed by atoms with Gasteiger partial charge in [-0.15, -0.1) is 0 Å². The highest BCUT2D eigenvalue weighted by Crippen LogP contribution is 2.46. The summed E-state index contributed by atoms with van der Waals surface area (Å²) >= 11 is 5.71. The molecule has 1 aliphatic rings. The fourth-order valence-electron chi connectivity index (χ4n) is 1.68. The number of hydrazine groups is 1. The Morgan fingerprint density at radius 2 is 2.17 bits per heavy atom. The summed E-state index contributed by atoms with van der Waals surface area (Å²) < 4.78 is 39.0. The molecule has 1 aliphatic carbocycles. The lowest BCUT2D eigenvalue weighted by molar-refractivity contribution is -0.141. The maximum absolute atomic E-state index is 12.7. The van der Waals surface area contributed by atoms with E-state index in [2.05, 4.69) is 5.10 Å². The van der Waals surface area contributed by atoms with Gasteiger partial charge in [0.05, 0.1) is 10.7 Å². The standard InChI is InChI=1S/C9H10ClF3N4O/c10-6-7(4-1-2-4)17(3-5(18)15-14)16-8(6)9(11,12)13/h4H,1-3,14H2,(H,15,18). The van der Waals surface area contributed by atoms with Gasteiger partial charge in [-0.3, -0.25) is 14.9 Å². The predicted molar refractivity (Wildman–Crippen MR) is 56.5 cm³/mol. The Bertz CT molecular complexity index is 481. The van der Waals surface area contributed by atoms with Crippen molar-refractivity contribution in [2.24, 2.45) is 5.84 Å². The van der Waals surface area contributed by atoms with Gasteiger partial charge in [0.1, 0.15) is 6.54 Å². The molecule has 100 valence electrons. The highest BCUT2D eigenvalue weighted by atomic mass is 35.5. The topological polar surface area (TPSA) is 72.9 Å². The number of amides is 1. The zero-order valence-electron chi connectivity index (χ0n) is 9.09. The number of hydrogen-bond donors (Lipinski definition) is 2. The Morgan fingerprint density at radius 1 is 1.56 bits per heavy atom. The largest absolute Gasteiger partial charge is 0.436 e. The number of carbonyl (C=O) groups excluding carboxylic acids is 1. The normalized spacial score (nSPS) is 15.8. The maximum Gasteiger partial charge on any atom is 0.436 e. The number of hydrogen-bond acceptors (Lipinski definition) is 3. The summed E-state index contributed by atoms with van der Waals surface area (Å²) in [4.78, 5) is 11.1. The second-order valence-electron chi connectivity index (χ2n) is 4.05. The van der Waals surface area contributed by atoms with Crippen LogP contribution >= 0.6 is 11.6 Å². The van der Waals surface area contributed by atoms with Crippen LogP contribution < -0.4 is 11.3 Å². The van der Waals surface area contributed by atoms with E-state index in [1.807, 2.05) is 5.43 Å². The zero-order valence-corrected chi connectivity index (χ0v) is 9.85. The molecule has 3 N–H and O–H groups in total. The average Bonchev–Trinajstić information content (AvgIpc) is 3.03. The van der Waals surface area contributed by atoms with Crippen molar-refractivity contribution >= 4 is 17.5 Å². The van der Waals surface area contributed by atoms with E-state index >= 15 is 0 Å². The smallest absolute Gasteiger partial charge is 0.293 e. The van der Waals surface area contributed by atoms with E-state index in [0.29, 0.717) is 0 Å². The molecule has 0 aromatic carbocycles. The summed E-state index contributed by atoms with van der Waals surface area (Å²) in [6.45, 7) is -0.377. The Kier molecular flexibility index (Phi) is 3.24. The lowest BCUT2D eigenvalue weighted by Crippen LogP contribution is -2.34. The zero-order chi connectivity index (χ0) is 13.5. The fourth-order valence-corrected chi connectivity index (χ4v) is 2.08. The van der Waals surface area contributed by atoms with Crippen LogP contribution in [0, 0.1) is 0 Å². The molecule has 0 spiro atoms. The molecule has 0 bridgehead atoms. The van der Waals surface area contributed by atoms with Crippen molar-refractivity contribution < 1.29 is 18.0 Å². The lowest BCUT2D eigenvalue weighted by atomic mass is 10.2. The molecule has 1 saturated carbocycles. The molecule has 0 aliphatic heterocycles. The van der Waals surface area contributed by atoms with Crippen molar-refractivity contribution in [3.8, 4) is 0 Å². The van der Waals surface area contributed by atoms with Gasteiger partial charge < -0.3 is 0 Å². The van der Waals surface area contributed by atoms with E-state index in [-0.39, 0.29) is 18.2 Å². The first-order valence-corrected chi connectivity index (χ1v) is 5.55. The predicted octanol–water partition coefficient (Wildman–Crippen LogP) is 1.42. The van der Waals surface area contributed by atoms with Gasteiger partial charge in [-0.05, 0) is 12.8 Å². The highest BCUT2D eigenvalue weighted by molar-refractivity contribution is 6.32. The summed E-state index contributed by atoms with van der Waals surface area (Å²) in [5, 5.41) is 2.95. The van der Waals surface area contributed by atoms with E-state index in [0.717, 1.165) is 17.5 Å². The summed E-state index contributed by atoms with van der Waals surface area (Å²) in [6.07, 6.45) is -3.15. The second-order valence-corrected chi connectivity index (χ2v) is 4.42. The molecule has 1 fully saturated rings. The van der Waals surface area contributed by atoms with E-state index in [4.69, 9.17) is 17.4 Å². The first-order valence-electron chi connectivity index (χ1n) is 5.17. The molecule has 2 rings (SSSR count). The minimum Gasteiger partial charge on any atom is -0.293 e. The van der Waals surface area contributed by atoms with Crippen LogP contribution in [0.4, 0.5) is 13.2 Å². The van der Waals surface area contributed by atoms with Gasteiger partial charge in [0, 0.05) is 5.92 Å². The fraction of sp³-hybridized carbons (Fsp3) is 0.556. The Balaban J connectivity index is 2.41. The minimum absolute atomic E-state index is 0.0633. The molecule has 1 heterocycles. The minimum atomic E-state index is -4.63. The van der Waals surface area contributed by atoms with Crippen LogP contribution in [-0.4, -0.2) is 15.7 Å². The summed E-state index contributed by atoms with van der Waals surface area (Å²) in [7, 11) is 0. The lowest BCUT2D eigenvalue weighted by Gasteiger charge is -2.05. The number of carbonyl (C=O) groups is 1. The van der Waals surface area contributed by atoms with E-state index in [9.17, 15) is 18.0 Å². The van der Waals surface area contributed by atoms with Crippen molar-refractivity contribution in [3.05, 3.63) is 16.4 Å². The Hall–Kier alpha value is -1.28. The first kappa shape index (κ1) is 13.2. The number of nitrogens with one attached hydrogen (secondary N) is 1. The molecule has 0 atom stereocenters. The van der Waals surface area contributed by atoms with Crippen molar-refractivity contribution in [1.29, 1.82) is 0 Å². The molecule has 0 radical (unpaired) electrons. The average molecular weight is 283 g/mol. The molecule has 9 heteroatoms. The van der Waals surface area contributed by atoms with Crippen molar-refractivity contribution in [2.45, 2.75) is 31.5 Å². The molecular formula is C9H10ClF3N4O. The van der Waals surface area contributed by atoms with Crippen LogP contribution in [0.25, 0.3) is 0 Å². The molecule has 1 aromatic heterocycles. The van der Waals surface area contributed by atoms with Crippen molar-refractivity contribution in [2.75, 3.05) is 0 Å². The van der Waals surface area contributed by atoms with Crippen molar-refractivity contribution in [3.63, 3.8) is 0 Å². The molecule has 0 saturated heterocycles. The molecule has 1 aromatic rings. The molecule has 0 unspecified atom stereocenters. The maximum atomic E-state index is 12.7. The van der Waals surface area contributed by atoms with Gasteiger partial charge in [0.2, 0.25) is 0 Å². The van der Waals surface area contributed by atoms with E-state index in [1.165, 1.54) is 0 Å². The van der Waals surface area contributed by atoms with Crippen LogP contribution in [0.3, 0.4) is 0 Å². The van der Waals surface area contributed by atoms with Gasteiger partial charge in [0.15, 0.2) is 5.69 Å². The molecule has 5 nitrogen and oxygen atoms in total. The second kappa shape index (κ2) is 4.43. The van der Waals surface area contributed by atoms with E-state index in [1.54, 1.807) is 0 Å².